The Labute approximate surface area is 57.3 Å². The van der Waals surface area contributed by atoms with Crippen molar-refractivity contribution in [2.45, 2.75) is 19.8 Å². The van der Waals surface area contributed by atoms with Gasteiger partial charge in [0.25, 0.3) is 0 Å². The molecule has 0 aromatic heterocycles. The van der Waals surface area contributed by atoms with E-state index in [1.165, 1.54) is 0 Å². The van der Waals surface area contributed by atoms with E-state index in [9.17, 15) is 0 Å². The van der Waals surface area contributed by atoms with Gasteiger partial charge in [-0.3, -0.25) is 0 Å². The molecule has 0 aliphatic rings. The van der Waals surface area contributed by atoms with Crippen molar-refractivity contribution in [1.29, 1.82) is 0 Å². The van der Waals surface area contributed by atoms with Gasteiger partial charge in [0.15, 0.2) is 0 Å². The zero-order valence-electron chi connectivity index (χ0n) is 6.35. The molecule has 0 aliphatic carbocycles. The first kappa shape index (κ1) is 8.92. The smallest absolute Gasteiger partial charge is 0.0456 e. The van der Waals surface area contributed by atoms with Crippen molar-refractivity contribution in [3.05, 3.63) is 0 Å². The van der Waals surface area contributed by atoms with Crippen LogP contribution in [-0.2, 0) is 0 Å². The summed E-state index contributed by atoms with van der Waals surface area (Å²) >= 11 is 0. The molecule has 0 spiro atoms. The topological polar surface area (TPSA) is 32.3 Å². The normalized spacial score (nSPS) is 13.7. The zero-order chi connectivity index (χ0) is 7.11. The van der Waals surface area contributed by atoms with E-state index in [-0.39, 0.29) is 0 Å². The lowest BCUT2D eigenvalue weighted by Crippen LogP contribution is -2.10. The average Bonchev–Trinajstić information content (AvgIpc) is 1.89. The van der Waals surface area contributed by atoms with Gasteiger partial charge in [0.05, 0.1) is 0 Å². The fourth-order valence-corrected chi connectivity index (χ4v) is 0.719. The van der Waals surface area contributed by atoms with E-state index in [4.69, 9.17) is 5.11 Å². The molecule has 56 valence electrons. The van der Waals surface area contributed by atoms with E-state index in [1.807, 2.05) is 7.05 Å². The van der Waals surface area contributed by atoms with Gasteiger partial charge >= 0.3 is 0 Å². The molecule has 0 saturated carbocycles. The highest BCUT2D eigenvalue weighted by Crippen LogP contribution is 2.01. The number of aliphatic hydroxyl groups excluding tert-OH is 1. The highest BCUT2D eigenvalue weighted by molar-refractivity contribution is 4.50. The molecule has 0 rings (SSSR count). The van der Waals surface area contributed by atoms with Crippen molar-refractivity contribution in [1.82, 2.24) is 5.32 Å². The molecule has 0 amide bonds. The Morgan fingerprint density at radius 1 is 1.56 bits per heavy atom. The summed E-state index contributed by atoms with van der Waals surface area (Å²) < 4.78 is 0. The minimum atomic E-state index is 0.323. The van der Waals surface area contributed by atoms with Gasteiger partial charge in [0.1, 0.15) is 0 Å². The van der Waals surface area contributed by atoms with Crippen LogP contribution < -0.4 is 5.32 Å². The maximum absolute atomic E-state index is 8.61. The van der Waals surface area contributed by atoms with E-state index in [2.05, 4.69) is 12.2 Å². The minimum absolute atomic E-state index is 0.323. The van der Waals surface area contributed by atoms with Crippen molar-refractivity contribution >= 4 is 0 Å². The maximum atomic E-state index is 8.61. The van der Waals surface area contributed by atoms with Gasteiger partial charge in [-0.2, -0.15) is 0 Å². The first-order chi connectivity index (χ1) is 4.31. The molecular weight excluding hydrogens is 114 g/mol. The third-order valence-corrected chi connectivity index (χ3v) is 1.44. The lowest BCUT2D eigenvalue weighted by atomic mass is 10.1. The minimum Gasteiger partial charge on any atom is -0.396 e. The third-order valence-electron chi connectivity index (χ3n) is 1.44. The van der Waals surface area contributed by atoms with Crippen LogP contribution in [0.2, 0.25) is 0 Å². The summed E-state index contributed by atoms with van der Waals surface area (Å²) in [5, 5.41) is 11.7. The quantitative estimate of drug-likeness (QED) is 0.536. The second-order valence-corrected chi connectivity index (χ2v) is 2.53. The molecule has 0 aliphatic heterocycles. The summed E-state index contributed by atoms with van der Waals surface area (Å²) in [6.07, 6.45) is 2.29. The summed E-state index contributed by atoms with van der Waals surface area (Å²) in [6.45, 7) is 3.45. The van der Waals surface area contributed by atoms with Gasteiger partial charge in [0, 0.05) is 6.61 Å². The summed E-state index contributed by atoms with van der Waals surface area (Å²) in [5.41, 5.74) is 0. The van der Waals surface area contributed by atoms with Crippen molar-refractivity contribution in [3.8, 4) is 0 Å². The number of hydrogen-bond donors (Lipinski definition) is 2. The average molecular weight is 131 g/mol. The first-order valence-corrected chi connectivity index (χ1v) is 3.56. The summed E-state index contributed by atoms with van der Waals surface area (Å²) in [6, 6.07) is 0. The molecule has 0 fully saturated rings. The molecule has 0 saturated heterocycles. The lowest BCUT2D eigenvalue weighted by Gasteiger charge is -2.05. The Bertz CT molecular complexity index is 56.9. The van der Waals surface area contributed by atoms with Crippen LogP contribution in [0.5, 0.6) is 0 Å². The maximum Gasteiger partial charge on any atom is 0.0456 e. The first-order valence-electron chi connectivity index (χ1n) is 3.56. The molecule has 2 heteroatoms. The molecule has 0 aromatic carbocycles. The fraction of sp³-hybridized carbons (Fsp3) is 1.00. The molecule has 0 heterocycles. The predicted molar refractivity (Wildman–Crippen MR) is 39.4 cm³/mol. The van der Waals surface area contributed by atoms with Crippen LogP contribution >= 0.6 is 0 Å². The molecule has 9 heavy (non-hydrogen) atoms. The Kier molecular flexibility index (Phi) is 5.99. The Morgan fingerprint density at radius 3 is 2.67 bits per heavy atom. The van der Waals surface area contributed by atoms with E-state index in [1.54, 1.807) is 0 Å². The summed E-state index contributed by atoms with van der Waals surface area (Å²) in [4.78, 5) is 0. The second-order valence-electron chi connectivity index (χ2n) is 2.53. The van der Waals surface area contributed by atoms with Gasteiger partial charge in [-0.05, 0) is 32.4 Å². The third kappa shape index (κ3) is 5.80. The van der Waals surface area contributed by atoms with Crippen LogP contribution in [-0.4, -0.2) is 25.3 Å². The Morgan fingerprint density at radius 2 is 2.22 bits per heavy atom. The van der Waals surface area contributed by atoms with E-state index in [0.29, 0.717) is 12.5 Å². The monoisotopic (exact) mass is 131 g/mol. The van der Waals surface area contributed by atoms with Crippen molar-refractivity contribution in [3.63, 3.8) is 0 Å². The van der Waals surface area contributed by atoms with E-state index >= 15 is 0 Å². The Balaban J connectivity index is 2.88. The lowest BCUT2D eigenvalue weighted by molar-refractivity contribution is 0.228. The number of rotatable bonds is 5. The van der Waals surface area contributed by atoms with Gasteiger partial charge in [-0.15, -0.1) is 0 Å². The van der Waals surface area contributed by atoms with Crippen LogP contribution in [0, 0.1) is 5.92 Å². The van der Waals surface area contributed by atoms with Gasteiger partial charge in [-0.1, -0.05) is 6.92 Å². The Hall–Kier alpha value is -0.0800. The van der Waals surface area contributed by atoms with Crippen molar-refractivity contribution in [2.75, 3.05) is 20.2 Å². The highest BCUT2D eigenvalue weighted by Gasteiger charge is 1.96. The van der Waals surface area contributed by atoms with E-state index < -0.39 is 0 Å². The molecule has 0 unspecified atom stereocenters. The molecule has 2 nitrogen and oxygen atoms in total. The van der Waals surface area contributed by atoms with Crippen molar-refractivity contribution < 1.29 is 5.11 Å². The number of aliphatic hydroxyl groups is 1. The molecular formula is C7H17NO. The van der Waals surface area contributed by atoms with Gasteiger partial charge in [0.2, 0.25) is 0 Å². The van der Waals surface area contributed by atoms with Crippen LogP contribution in [0.15, 0.2) is 0 Å². The molecule has 0 bridgehead atoms. The second kappa shape index (κ2) is 6.05. The molecule has 0 radical (unpaired) electrons. The summed E-state index contributed by atoms with van der Waals surface area (Å²) in [5.74, 6) is 0.471. The van der Waals surface area contributed by atoms with Crippen LogP contribution in [0.3, 0.4) is 0 Å². The van der Waals surface area contributed by atoms with Gasteiger partial charge < -0.3 is 10.4 Å². The standard InChI is InChI=1S/C7H17NO/c1-7(6-9)4-3-5-8-2/h7-9H,3-6H2,1-2H3/t7-/m0/s1. The van der Waals surface area contributed by atoms with Gasteiger partial charge in [-0.25, -0.2) is 0 Å². The molecule has 1 atom stereocenters. The van der Waals surface area contributed by atoms with Crippen molar-refractivity contribution in [2.24, 2.45) is 5.92 Å². The van der Waals surface area contributed by atoms with Crippen LogP contribution in [0.25, 0.3) is 0 Å². The largest absolute Gasteiger partial charge is 0.396 e. The van der Waals surface area contributed by atoms with E-state index in [0.717, 1.165) is 19.4 Å². The van der Waals surface area contributed by atoms with Crippen LogP contribution in [0.4, 0.5) is 0 Å². The SMILES string of the molecule is CNCCC[C@H](C)CO. The predicted octanol–water partition coefficient (Wildman–Crippen LogP) is 0.614. The number of hydrogen-bond acceptors (Lipinski definition) is 2. The number of nitrogens with one attached hydrogen (secondary N) is 1. The molecule has 2 N–H and O–H groups in total. The summed E-state index contributed by atoms with van der Waals surface area (Å²) in [7, 11) is 1.95. The highest BCUT2D eigenvalue weighted by atomic mass is 16.3. The molecule has 0 aromatic rings. The van der Waals surface area contributed by atoms with Crippen LogP contribution in [0.1, 0.15) is 19.8 Å². The zero-order valence-corrected chi connectivity index (χ0v) is 6.35. The fourth-order valence-electron chi connectivity index (χ4n) is 0.719.